The smallest absolute Gasteiger partial charge is 0.267 e. The monoisotopic (exact) mass is 1070 g/mol. The van der Waals surface area contributed by atoms with Gasteiger partial charge in [0.2, 0.25) is 41.4 Å². The maximum atomic E-state index is 12.8. The standard InChI is InChI=1S/C24H46N4O4S2.C12H24N2O2S.C12H22N2O2.CH4.H2O.H2S/c1-21(2,3)19(31)25-15(17(29)27-23(7,8)9)13-33-34-14-16(18(30)28-24(10,11)12)26-20(32)22(4,5)6;1-11(2,3)10(16)13-8(7-17)9(15)14-12(4,5)6;1-8(9(15)14-12(5,6)7)13-10(16)11(2,3)4;;;/h15-16H,13-14H2,1-12H3,(H,25,31)(H,26,32)(H,27,29)(H,28,30);8,17H,7H2,1-6H3,(H,13,16)(H,14,15);1H2,2-7H3,(H,13,16)(H,14,15);1H4;2*1H2/p-1. The summed E-state index contributed by atoms with van der Waals surface area (Å²) in [5.41, 5.74) is -3.79. The number of amides is 8. The summed E-state index contributed by atoms with van der Waals surface area (Å²) < 4.78 is 0. The molecule has 8 amide bonds. The van der Waals surface area contributed by atoms with E-state index in [1.54, 1.807) is 83.1 Å². The van der Waals surface area contributed by atoms with Crippen LogP contribution in [0.15, 0.2) is 12.3 Å². The molecule has 0 fully saturated rings. The fourth-order valence-electron chi connectivity index (χ4n) is 4.07. The Morgan fingerprint density at radius 2 is 0.657 bits per heavy atom. The van der Waals surface area contributed by atoms with Crippen LogP contribution in [0.4, 0.5) is 0 Å². The molecule has 3 unspecified atom stereocenters. The number of rotatable bonds is 14. The highest BCUT2D eigenvalue weighted by Crippen LogP contribution is 2.25. The second-order valence-electron chi connectivity index (χ2n) is 24.7. The minimum absolute atomic E-state index is 0. The Morgan fingerprint density at radius 1 is 0.429 bits per heavy atom. The highest BCUT2D eigenvalue weighted by Gasteiger charge is 2.32. The first-order chi connectivity index (χ1) is 29.4. The van der Waals surface area contributed by atoms with E-state index in [0.29, 0.717) is 11.5 Å². The molecule has 0 aliphatic heterocycles. The molecule has 0 aromatic heterocycles. The van der Waals surface area contributed by atoms with Gasteiger partial charge in [0.05, 0.1) is 11.7 Å². The first-order valence-corrected chi connectivity index (χ1v) is 25.5. The molecule has 9 N–H and O–H groups in total. The van der Waals surface area contributed by atoms with Gasteiger partial charge in [0, 0.05) is 55.3 Å². The molecule has 0 bridgehead atoms. The topological polar surface area (TPSA) is 263 Å². The summed E-state index contributed by atoms with van der Waals surface area (Å²) in [6.45, 7) is 47.5. The van der Waals surface area contributed by atoms with E-state index in [0.717, 1.165) is 0 Å². The molecular formula is C49H99N8O9S4-. The molecule has 0 aromatic carbocycles. The minimum atomic E-state index is -0.727. The Morgan fingerprint density at radius 3 is 0.871 bits per heavy atom. The number of carbonyl (C=O) groups is 8. The first-order valence-electron chi connectivity index (χ1n) is 22.5. The lowest BCUT2D eigenvalue weighted by Crippen LogP contribution is -2.55. The van der Waals surface area contributed by atoms with Gasteiger partial charge in [-0.2, -0.15) is 0 Å². The van der Waals surface area contributed by atoms with Gasteiger partial charge in [-0.05, 0) is 83.1 Å². The van der Waals surface area contributed by atoms with E-state index >= 15 is 0 Å². The average Bonchev–Trinajstić information content (AvgIpc) is 3.06. The molecule has 414 valence electrons. The van der Waals surface area contributed by atoms with Gasteiger partial charge in [-0.15, -0.1) is 5.75 Å². The number of hydrogen-bond donors (Lipinski definition) is 8. The molecule has 17 nitrogen and oxygen atoms in total. The van der Waals surface area contributed by atoms with E-state index in [2.05, 4.69) is 49.1 Å². The Balaban J connectivity index is -0.000000239. The van der Waals surface area contributed by atoms with Crippen molar-refractivity contribution in [3.8, 4) is 0 Å². The summed E-state index contributed by atoms with van der Waals surface area (Å²) in [4.78, 5) is 97.4. The number of nitrogens with one attached hydrogen (secondary N) is 8. The van der Waals surface area contributed by atoms with Crippen molar-refractivity contribution in [2.75, 3.05) is 17.3 Å². The van der Waals surface area contributed by atoms with Gasteiger partial charge in [-0.3, -0.25) is 38.4 Å². The summed E-state index contributed by atoms with van der Waals surface area (Å²) in [6, 6.07) is -2.10. The molecule has 0 rings (SSSR count). The van der Waals surface area contributed by atoms with Gasteiger partial charge in [-0.25, -0.2) is 0 Å². The van der Waals surface area contributed by atoms with Crippen LogP contribution in [-0.4, -0.2) is 110 Å². The average molecular weight is 1070 g/mol. The second-order valence-corrected chi connectivity index (χ2v) is 27.6. The van der Waals surface area contributed by atoms with Gasteiger partial charge in [0.25, 0.3) is 5.91 Å². The van der Waals surface area contributed by atoms with E-state index in [4.69, 9.17) is 12.6 Å². The van der Waals surface area contributed by atoms with Crippen molar-refractivity contribution in [2.24, 2.45) is 21.7 Å². The van der Waals surface area contributed by atoms with Crippen LogP contribution in [0.5, 0.6) is 0 Å². The van der Waals surface area contributed by atoms with Crippen molar-refractivity contribution >= 4 is 95.0 Å². The zero-order valence-corrected chi connectivity index (χ0v) is 50.2. The Labute approximate surface area is 444 Å². The summed E-state index contributed by atoms with van der Waals surface area (Å²) in [5.74, 6) is -1.14. The van der Waals surface area contributed by atoms with E-state index in [-0.39, 0.29) is 96.2 Å². The highest BCUT2D eigenvalue weighted by atomic mass is 33.1. The molecule has 0 aliphatic rings. The molecule has 0 spiro atoms. The number of carbonyl (C=O) groups excluding carboxylic acids is 8. The van der Waals surface area contributed by atoms with Crippen LogP contribution in [0.2, 0.25) is 0 Å². The SMILES string of the molecule is C.C=C(NC(=O)C(C)(C)C)C(=O)NC(C)(C)C.CC(C)(C)NC(=O)C(CSSCC(NC(=O)C(C)(C)C)C(=O)NC(C)(C)C)NC(=O)C(C)(C)C.CC(C)(C)NC(=O)C(C[S-])NC(=O)C(C)(C)C.[OH-].[SH3+]. The quantitative estimate of drug-likeness (QED) is 0.0354. The Hall–Kier alpha value is -3.14. The van der Waals surface area contributed by atoms with Crippen LogP contribution in [-0.2, 0) is 64.5 Å². The molecule has 0 heterocycles. The summed E-state index contributed by atoms with van der Waals surface area (Å²) in [6.07, 6.45) is 0. The fraction of sp³-hybridized carbons (Fsp3) is 0.796. The van der Waals surface area contributed by atoms with Gasteiger partial charge >= 0.3 is 0 Å². The third-order valence-corrected chi connectivity index (χ3v) is 10.6. The van der Waals surface area contributed by atoms with E-state index in [1.807, 2.05) is 83.1 Å². The predicted molar refractivity (Wildman–Crippen MR) is 300 cm³/mol. The molecule has 0 saturated carbocycles. The molecular weight excluding hydrogens is 973 g/mol. The van der Waals surface area contributed by atoms with E-state index in [1.165, 1.54) is 21.6 Å². The number of hydrogen-bond acceptors (Lipinski definition) is 12. The molecule has 0 radical (unpaired) electrons. The predicted octanol–water partition coefficient (Wildman–Crippen LogP) is 5.47. The van der Waals surface area contributed by atoms with Crippen molar-refractivity contribution in [3.63, 3.8) is 0 Å². The molecule has 70 heavy (non-hydrogen) atoms. The Kier molecular flexibility index (Phi) is 35.2. The van der Waals surface area contributed by atoms with Gasteiger partial charge in [0.15, 0.2) is 0 Å². The largest absolute Gasteiger partial charge is 0.870 e. The zero-order valence-electron chi connectivity index (χ0n) is 46.6. The lowest BCUT2D eigenvalue weighted by atomic mass is 9.95. The van der Waals surface area contributed by atoms with Crippen molar-refractivity contribution in [1.29, 1.82) is 0 Å². The minimum Gasteiger partial charge on any atom is -0.870 e. The van der Waals surface area contributed by atoms with Crippen molar-refractivity contribution in [2.45, 2.75) is 214 Å². The van der Waals surface area contributed by atoms with Crippen molar-refractivity contribution < 1.29 is 43.8 Å². The molecule has 21 heteroatoms. The summed E-state index contributed by atoms with van der Waals surface area (Å²) in [5, 5.41) is 22.2. The van der Waals surface area contributed by atoms with Crippen molar-refractivity contribution in [1.82, 2.24) is 42.5 Å². The zero-order chi connectivity index (χ0) is 54.1. The van der Waals surface area contributed by atoms with E-state index in [9.17, 15) is 38.4 Å². The maximum Gasteiger partial charge on any atom is 0.267 e. The van der Waals surface area contributed by atoms with Gasteiger partial charge in [0.1, 0.15) is 12.1 Å². The molecule has 0 aliphatic carbocycles. The van der Waals surface area contributed by atoms with Gasteiger partial charge < -0.3 is 60.6 Å². The van der Waals surface area contributed by atoms with E-state index < -0.39 is 50.9 Å². The fourth-order valence-corrected chi connectivity index (χ4v) is 6.64. The third-order valence-electron chi connectivity index (χ3n) is 7.83. The molecule has 0 saturated heterocycles. The highest BCUT2D eigenvalue weighted by molar-refractivity contribution is 8.76. The molecule has 3 atom stereocenters. The van der Waals surface area contributed by atoms with Crippen LogP contribution < -0.4 is 42.5 Å². The summed E-state index contributed by atoms with van der Waals surface area (Å²) in [7, 11) is 2.75. The lowest BCUT2D eigenvalue weighted by molar-refractivity contribution is -0.133. The first kappa shape index (κ1) is 78.3. The summed E-state index contributed by atoms with van der Waals surface area (Å²) >= 11 is 4.90. The van der Waals surface area contributed by atoms with Crippen LogP contribution in [0, 0.1) is 21.7 Å². The van der Waals surface area contributed by atoms with Gasteiger partial charge in [-0.1, -0.05) is 132 Å². The lowest BCUT2D eigenvalue weighted by Gasteiger charge is -2.29. The normalized spacial score (nSPS) is 13.2. The Bertz CT molecular complexity index is 1640. The van der Waals surface area contributed by atoms with Crippen LogP contribution >= 0.6 is 21.6 Å². The third kappa shape index (κ3) is 39.5. The second kappa shape index (κ2) is 31.4. The van der Waals surface area contributed by atoms with Crippen LogP contribution in [0.1, 0.15) is 174 Å². The van der Waals surface area contributed by atoms with Crippen molar-refractivity contribution in [3.05, 3.63) is 12.3 Å². The van der Waals surface area contributed by atoms with Crippen LogP contribution in [0.25, 0.3) is 0 Å². The molecule has 0 aromatic rings. The van der Waals surface area contributed by atoms with Crippen LogP contribution in [0.3, 0.4) is 0 Å². The maximum absolute atomic E-state index is 12.8.